The van der Waals surface area contributed by atoms with E-state index >= 15 is 0 Å². The second kappa shape index (κ2) is 4.82. The zero-order valence-corrected chi connectivity index (χ0v) is 10.1. The quantitative estimate of drug-likeness (QED) is 0.487. The summed E-state index contributed by atoms with van der Waals surface area (Å²) in [5, 5.41) is 0. The first-order valence-corrected chi connectivity index (χ1v) is 6.06. The van der Waals surface area contributed by atoms with Crippen LogP contribution in [0.4, 0.5) is 0 Å². The second-order valence-electron chi connectivity index (χ2n) is 4.62. The van der Waals surface area contributed by atoms with Gasteiger partial charge in [0.05, 0.1) is 0 Å². The van der Waals surface area contributed by atoms with Crippen molar-refractivity contribution < 1.29 is 0 Å². The van der Waals surface area contributed by atoms with E-state index in [0.29, 0.717) is 5.41 Å². The fourth-order valence-electron chi connectivity index (χ4n) is 2.13. The lowest BCUT2D eigenvalue weighted by Gasteiger charge is -2.00. The first-order chi connectivity index (χ1) is 6.71. The molecule has 0 radical (unpaired) electrons. The van der Waals surface area contributed by atoms with Crippen LogP contribution >= 0.6 is 0 Å². The molecule has 1 fully saturated rings. The normalized spacial score (nSPS) is 41.1. The van der Waals surface area contributed by atoms with Crippen molar-refractivity contribution in [3.05, 3.63) is 23.8 Å². The largest absolute Gasteiger partial charge is 0.0880 e. The lowest BCUT2D eigenvalue weighted by atomic mass is 10.1. The number of fused-ring (bicyclic) bond motifs is 1. The van der Waals surface area contributed by atoms with Crippen molar-refractivity contribution in [3.8, 4) is 0 Å². The van der Waals surface area contributed by atoms with E-state index in [9.17, 15) is 0 Å². The van der Waals surface area contributed by atoms with E-state index in [0.717, 1.165) is 5.92 Å². The molecule has 0 saturated heterocycles. The van der Waals surface area contributed by atoms with Crippen molar-refractivity contribution in [2.45, 2.75) is 53.4 Å². The molecule has 1 saturated carbocycles. The van der Waals surface area contributed by atoms with Gasteiger partial charge in [0.1, 0.15) is 0 Å². The van der Waals surface area contributed by atoms with Gasteiger partial charge in [0.2, 0.25) is 0 Å². The maximum Gasteiger partial charge on any atom is -0.00775 e. The molecule has 14 heavy (non-hydrogen) atoms. The molecule has 2 atom stereocenters. The Labute approximate surface area is 89.1 Å². The Bertz CT molecular complexity index is 234. The molecule has 2 aliphatic carbocycles. The van der Waals surface area contributed by atoms with Crippen LogP contribution in [-0.4, -0.2) is 0 Å². The fourth-order valence-corrected chi connectivity index (χ4v) is 2.13. The molecular weight excluding hydrogens is 168 g/mol. The lowest BCUT2D eigenvalue weighted by Crippen LogP contribution is -1.89. The second-order valence-corrected chi connectivity index (χ2v) is 4.62. The van der Waals surface area contributed by atoms with Gasteiger partial charge in [-0.3, -0.25) is 0 Å². The molecule has 80 valence electrons. The molecule has 0 aromatic carbocycles. The van der Waals surface area contributed by atoms with Crippen molar-refractivity contribution in [2.75, 3.05) is 0 Å². The maximum absolute atomic E-state index is 2.50. The Hall–Kier alpha value is -0.520. The van der Waals surface area contributed by atoms with Gasteiger partial charge in [-0.25, -0.2) is 0 Å². The van der Waals surface area contributed by atoms with Crippen LogP contribution in [0.1, 0.15) is 53.4 Å². The van der Waals surface area contributed by atoms with Crippen LogP contribution in [0.2, 0.25) is 0 Å². The predicted octanol–water partition coefficient (Wildman–Crippen LogP) is 4.73. The number of hydrogen-bond donors (Lipinski definition) is 0. The standard InChI is InChI=1S/C12H18.C2H6/c1-10-6-4-3-5-7-12(2)9-11(12)8-10;1-2/h5,7-8,11H,3-4,6,9H2,1-2H3;1-2H3/b7-5+,10-8+;. The van der Waals surface area contributed by atoms with E-state index in [1.165, 1.54) is 25.7 Å². The zero-order chi connectivity index (χ0) is 10.6. The van der Waals surface area contributed by atoms with Gasteiger partial charge in [-0.1, -0.05) is 44.6 Å². The Morgan fingerprint density at radius 1 is 1.36 bits per heavy atom. The highest BCUT2D eigenvalue weighted by atomic mass is 14.5. The van der Waals surface area contributed by atoms with Crippen molar-refractivity contribution in [1.29, 1.82) is 0 Å². The smallest absolute Gasteiger partial charge is 0.00775 e. The Kier molecular flexibility index (Phi) is 3.97. The third-order valence-corrected chi connectivity index (χ3v) is 3.27. The molecule has 0 bridgehead atoms. The van der Waals surface area contributed by atoms with Gasteiger partial charge in [-0.15, -0.1) is 0 Å². The minimum absolute atomic E-state index is 0.533. The molecule has 0 amide bonds. The molecule has 0 aromatic rings. The van der Waals surface area contributed by atoms with Gasteiger partial charge >= 0.3 is 0 Å². The topological polar surface area (TPSA) is 0 Å². The van der Waals surface area contributed by atoms with E-state index in [1.807, 2.05) is 13.8 Å². The number of rotatable bonds is 0. The maximum atomic E-state index is 2.50. The van der Waals surface area contributed by atoms with Crippen LogP contribution in [-0.2, 0) is 0 Å². The average Bonchev–Trinajstić information content (AvgIpc) is 2.78. The minimum atomic E-state index is 0.533. The number of hydrogen-bond acceptors (Lipinski definition) is 0. The third-order valence-electron chi connectivity index (χ3n) is 3.27. The first kappa shape index (κ1) is 11.6. The van der Waals surface area contributed by atoms with Gasteiger partial charge in [0, 0.05) is 0 Å². The number of allylic oxidation sites excluding steroid dienone is 4. The molecular formula is C14H24. The van der Waals surface area contributed by atoms with E-state index < -0.39 is 0 Å². The lowest BCUT2D eigenvalue weighted by molar-refractivity contribution is 0.692. The summed E-state index contributed by atoms with van der Waals surface area (Å²) in [5.41, 5.74) is 2.14. The molecule has 0 aliphatic heterocycles. The molecule has 2 aliphatic rings. The molecule has 2 unspecified atom stereocenters. The van der Waals surface area contributed by atoms with Crippen LogP contribution in [0.25, 0.3) is 0 Å². The van der Waals surface area contributed by atoms with E-state index in [-0.39, 0.29) is 0 Å². The van der Waals surface area contributed by atoms with Crippen molar-refractivity contribution in [3.63, 3.8) is 0 Å². The van der Waals surface area contributed by atoms with Gasteiger partial charge in [0.25, 0.3) is 0 Å². The SMILES string of the molecule is C/C1=C\C2CC2(C)/C=C/CCC1.CC. The van der Waals surface area contributed by atoms with Gasteiger partial charge < -0.3 is 0 Å². The van der Waals surface area contributed by atoms with Gasteiger partial charge in [-0.05, 0) is 43.9 Å². The van der Waals surface area contributed by atoms with Crippen molar-refractivity contribution in [1.82, 2.24) is 0 Å². The minimum Gasteiger partial charge on any atom is -0.0880 e. The first-order valence-electron chi connectivity index (χ1n) is 6.06. The predicted molar refractivity (Wildman–Crippen MR) is 64.3 cm³/mol. The average molecular weight is 192 g/mol. The summed E-state index contributed by atoms with van der Waals surface area (Å²) in [6.07, 6.45) is 12.6. The van der Waals surface area contributed by atoms with Crippen LogP contribution in [0.3, 0.4) is 0 Å². The Balaban J connectivity index is 0.000000461. The molecule has 0 N–H and O–H groups in total. The monoisotopic (exact) mass is 192 g/mol. The molecule has 0 heterocycles. The van der Waals surface area contributed by atoms with E-state index in [1.54, 1.807) is 5.57 Å². The van der Waals surface area contributed by atoms with Gasteiger partial charge in [-0.2, -0.15) is 0 Å². The summed E-state index contributed by atoms with van der Waals surface area (Å²) in [6, 6.07) is 0. The summed E-state index contributed by atoms with van der Waals surface area (Å²) in [5.74, 6) is 0.854. The summed E-state index contributed by atoms with van der Waals surface area (Å²) < 4.78 is 0. The third kappa shape index (κ3) is 2.73. The summed E-state index contributed by atoms with van der Waals surface area (Å²) in [7, 11) is 0. The van der Waals surface area contributed by atoms with E-state index in [2.05, 4.69) is 32.1 Å². The Morgan fingerprint density at radius 3 is 2.79 bits per heavy atom. The zero-order valence-electron chi connectivity index (χ0n) is 10.1. The highest BCUT2D eigenvalue weighted by molar-refractivity contribution is 5.22. The molecule has 0 aromatic heterocycles. The molecule has 0 spiro atoms. The van der Waals surface area contributed by atoms with Gasteiger partial charge in [0.15, 0.2) is 0 Å². The fraction of sp³-hybridized carbons (Fsp3) is 0.714. The van der Waals surface area contributed by atoms with Crippen LogP contribution in [0.5, 0.6) is 0 Å². The molecule has 0 nitrogen and oxygen atoms in total. The highest BCUT2D eigenvalue weighted by Gasteiger charge is 2.46. The van der Waals surface area contributed by atoms with Crippen LogP contribution in [0, 0.1) is 11.3 Å². The van der Waals surface area contributed by atoms with Crippen LogP contribution < -0.4 is 0 Å². The Morgan fingerprint density at radius 2 is 2.07 bits per heavy atom. The summed E-state index contributed by atoms with van der Waals surface area (Å²) in [4.78, 5) is 0. The summed E-state index contributed by atoms with van der Waals surface area (Å²) >= 11 is 0. The van der Waals surface area contributed by atoms with Crippen molar-refractivity contribution >= 4 is 0 Å². The molecule has 2 rings (SSSR count). The van der Waals surface area contributed by atoms with Crippen LogP contribution in [0.15, 0.2) is 23.8 Å². The highest BCUT2D eigenvalue weighted by Crippen LogP contribution is 2.55. The van der Waals surface area contributed by atoms with Crippen molar-refractivity contribution in [2.24, 2.45) is 11.3 Å². The summed E-state index contributed by atoms with van der Waals surface area (Å²) in [6.45, 7) is 8.66. The molecule has 0 heteroatoms. The van der Waals surface area contributed by atoms with E-state index in [4.69, 9.17) is 0 Å².